The van der Waals surface area contributed by atoms with Crippen LogP contribution in [0.3, 0.4) is 0 Å². The molecule has 2 heterocycles. The fourth-order valence-corrected chi connectivity index (χ4v) is 3.40. The molecular weight excluding hydrogens is 322 g/mol. The molecule has 0 unspecified atom stereocenters. The van der Waals surface area contributed by atoms with E-state index in [0.29, 0.717) is 25.1 Å². The molecule has 7 nitrogen and oxygen atoms in total. The number of carbonyl (C=O) groups excluding carboxylic acids is 1. The van der Waals surface area contributed by atoms with Gasteiger partial charge in [-0.1, -0.05) is 6.07 Å². The Kier molecular flexibility index (Phi) is 6.23. The van der Waals surface area contributed by atoms with Gasteiger partial charge in [0.1, 0.15) is 0 Å². The second-order valence-corrected chi connectivity index (χ2v) is 6.77. The highest BCUT2D eigenvalue weighted by atomic mass is 16.5. The molecule has 7 heteroatoms. The molecule has 1 aliphatic heterocycles. The first-order valence-electron chi connectivity index (χ1n) is 8.93. The van der Waals surface area contributed by atoms with E-state index in [9.17, 15) is 9.90 Å². The summed E-state index contributed by atoms with van der Waals surface area (Å²) in [6.07, 6.45) is 3.37. The molecule has 0 spiro atoms. The third-order valence-corrected chi connectivity index (χ3v) is 5.02. The van der Waals surface area contributed by atoms with E-state index in [1.165, 1.54) is 0 Å². The van der Waals surface area contributed by atoms with E-state index in [0.717, 1.165) is 38.4 Å². The average Bonchev–Trinajstić information content (AvgIpc) is 2.63. The number of aromatic nitrogens is 1. The fraction of sp³-hybridized carbons (Fsp3) is 0.667. The molecule has 1 atom stereocenters. The normalized spacial score (nSPS) is 25.0. The van der Waals surface area contributed by atoms with Gasteiger partial charge in [0.15, 0.2) is 0 Å². The minimum absolute atomic E-state index is 0.0358. The molecule has 2 aliphatic rings. The molecule has 0 radical (unpaired) electrons. The van der Waals surface area contributed by atoms with Gasteiger partial charge in [-0.2, -0.15) is 0 Å². The minimum Gasteiger partial charge on any atom is -0.481 e. The van der Waals surface area contributed by atoms with E-state index >= 15 is 0 Å². The van der Waals surface area contributed by atoms with Crippen LogP contribution in [0.4, 0.5) is 0 Å². The Bertz CT molecular complexity index is 554. The van der Waals surface area contributed by atoms with Gasteiger partial charge < -0.3 is 19.9 Å². The van der Waals surface area contributed by atoms with Crippen LogP contribution in [-0.4, -0.2) is 67.0 Å². The van der Waals surface area contributed by atoms with E-state index < -0.39 is 0 Å². The largest absolute Gasteiger partial charge is 0.481 e. The van der Waals surface area contributed by atoms with Crippen molar-refractivity contribution in [1.29, 1.82) is 0 Å². The van der Waals surface area contributed by atoms with Crippen molar-refractivity contribution in [2.75, 3.05) is 40.0 Å². The predicted molar refractivity (Wildman–Crippen MR) is 92.3 cm³/mol. The van der Waals surface area contributed by atoms with Gasteiger partial charge in [0.05, 0.1) is 32.5 Å². The number of aliphatic hydroxyl groups is 1. The number of aliphatic hydroxyl groups excluding tert-OH is 1. The second-order valence-electron chi connectivity index (χ2n) is 6.77. The maximum absolute atomic E-state index is 12.4. The summed E-state index contributed by atoms with van der Waals surface area (Å²) in [7, 11) is 1.58. The zero-order chi connectivity index (χ0) is 17.6. The highest BCUT2D eigenvalue weighted by molar-refractivity contribution is 5.76. The Hall–Kier alpha value is -1.70. The highest BCUT2D eigenvalue weighted by Crippen LogP contribution is 2.38. The topological polar surface area (TPSA) is 83.9 Å². The molecule has 1 saturated heterocycles. The summed E-state index contributed by atoms with van der Waals surface area (Å²) < 4.78 is 10.4. The molecule has 1 aromatic heterocycles. The Balaban J connectivity index is 1.57. The Morgan fingerprint density at radius 2 is 2.20 bits per heavy atom. The number of nitrogens with zero attached hydrogens (tertiary/aromatic N) is 2. The van der Waals surface area contributed by atoms with Gasteiger partial charge in [0, 0.05) is 38.3 Å². The maximum Gasteiger partial charge on any atom is 0.221 e. The van der Waals surface area contributed by atoms with Crippen molar-refractivity contribution in [1.82, 2.24) is 15.2 Å². The molecular formula is C18H27N3O4. The van der Waals surface area contributed by atoms with Gasteiger partial charge in [0.25, 0.3) is 0 Å². The van der Waals surface area contributed by atoms with Gasteiger partial charge >= 0.3 is 0 Å². The molecule has 0 bridgehead atoms. The lowest BCUT2D eigenvalue weighted by Crippen LogP contribution is -2.43. The predicted octanol–water partition coefficient (Wildman–Crippen LogP) is 0.741. The van der Waals surface area contributed by atoms with Crippen molar-refractivity contribution in [3.8, 4) is 5.88 Å². The van der Waals surface area contributed by atoms with Crippen molar-refractivity contribution < 1.29 is 19.4 Å². The SMILES string of the molecule is COc1ccc([C@@H](NC(=O)CCN2CCOCC2)C2CC(O)C2)cn1. The van der Waals surface area contributed by atoms with Crippen LogP contribution in [0.25, 0.3) is 0 Å². The Labute approximate surface area is 148 Å². The lowest BCUT2D eigenvalue weighted by molar-refractivity contribution is -0.123. The molecule has 3 rings (SSSR count). The van der Waals surface area contributed by atoms with E-state index in [4.69, 9.17) is 9.47 Å². The number of nitrogens with one attached hydrogen (secondary N) is 1. The molecule has 25 heavy (non-hydrogen) atoms. The number of pyridine rings is 1. The Morgan fingerprint density at radius 3 is 2.80 bits per heavy atom. The van der Waals surface area contributed by atoms with E-state index in [1.807, 2.05) is 6.07 Å². The van der Waals surface area contributed by atoms with E-state index in [1.54, 1.807) is 19.4 Å². The number of morpholine rings is 1. The van der Waals surface area contributed by atoms with Crippen LogP contribution in [0.2, 0.25) is 0 Å². The van der Waals surface area contributed by atoms with Gasteiger partial charge in [-0.25, -0.2) is 4.98 Å². The second kappa shape index (κ2) is 8.60. The van der Waals surface area contributed by atoms with Crippen molar-refractivity contribution in [3.05, 3.63) is 23.9 Å². The molecule has 1 aliphatic carbocycles. The number of rotatable bonds is 7. The number of hydrogen-bond donors (Lipinski definition) is 2. The lowest BCUT2D eigenvalue weighted by Gasteiger charge is -2.38. The van der Waals surface area contributed by atoms with Crippen LogP contribution >= 0.6 is 0 Å². The fourth-order valence-electron chi connectivity index (χ4n) is 3.40. The third-order valence-electron chi connectivity index (χ3n) is 5.02. The smallest absolute Gasteiger partial charge is 0.221 e. The molecule has 0 aromatic carbocycles. The third kappa shape index (κ3) is 4.90. The quantitative estimate of drug-likeness (QED) is 0.755. The van der Waals surface area contributed by atoms with Gasteiger partial charge in [-0.3, -0.25) is 9.69 Å². The molecule has 2 fully saturated rings. The summed E-state index contributed by atoms with van der Waals surface area (Å²) in [5.74, 6) is 0.834. The summed E-state index contributed by atoms with van der Waals surface area (Å²) in [5.41, 5.74) is 0.956. The average molecular weight is 349 g/mol. The van der Waals surface area contributed by atoms with Gasteiger partial charge in [-0.05, 0) is 24.3 Å². The molecule has 138 valence electrons. The Morgan fingerprint density at radius 1 is 1.44 bits per heavy atom. The zero-order valence-electron chi connectivity index (χ0n) is 14.7. The first-order valence-corrected chi connectivity index (χ1v) is 8.93. The van der Waals surface area contributed by atoms with Gasteiger partial charge in [-0.15, -0.1) is 0 Å². The number of carbonyl (C=O) groups is 1. The van der Waals surface area contributed by atoms with E-state index in [2.05, 4.69) is 15.2 Å². The molecule has 2 N–H and O–H groups in total. The maximum atomic E-state index is 12.4. The molecule has 1 saturated carbocycles. The highest BCUT2D eigenvalue weighted by Gasteiger charge is 2.35. The first-order chi connectivity index (χ1) is 12.2. The zero-order valence-corrected chi connectivity index (χ0v) is 14.7. The summed E-state index contributed by atoms with van der Waals surface area (Å²) in [4.78, 5) is 18.9. The number of amides is 1. The molecule has 1 amide bonds. The number of methoxy groups -OCH3 is 1. The minimum atomic E-state index is -0.260. The molecule has 1 aromatic rings. The first kappa shape index (κ1) is 18.1. The van der Waals surface area contributed by atoms with Crippen LogP contribution in [-0.2, 0) is 9.53 Å². The summed E-state index contributed by atoms with van der Waals surface area (Å²) in [6, 6.07) is 3.62. The number of ether oxygens (including phenoxy) is 2. The number of hydrogen-bond acceptors (Lipinski definition) is 6. The van der Waals surface area contributed by atoms with Crippen LogP contribution in [0.1, 0.15) is 30.9 Å². The van der Waals surface area contributed by atoms with Crippen LogP contribution < -0.4 is 10.1 Å². The van der Waals surface area contributed by atoms with Crippen molar-refractivity contribution >= 4 is 5.91 Å². The lowest BCUT2D eigenvalue weighted by atomic mass is 9.75. The van der Waals surface area contributed by atoms with E-state index in [-0.39, 0.29) is 24.0 Å². The van der Waals surface area contributed by atoms with Crippen LogP contribution in [0, 0.1) is 5.92 Å². The van der Waals surface area contributed by atoms with Crippen molar-refractivity contribution in [2.45, 2.75) is 31.4 Å². The van der Waals surface area contributed by atoms with Crippen molar-refractivity contribution in [3.63, 3.8) is 0 Å². The summed E-state index contributed by atoms with van der Waals surface area (Å²) >= 11 is 0. The summed E-state index contributed by atoms with van der Waals surface area (Å²) in [5, 5.41) is 12.8. The van der Waals surface area contributed by atoms with Crippen LogP contribution in [0.15, 0.2) is 18.3 Å². The van der Waals surface area contributed by atoms with Gasteiger partial charge in [0.2, 0.25) is 11.8 Å². The van der Waals surface area contributed by atoms with Crippen LogP contribution in [0.5, 0.6) is 5.88 Å². The monoisotopic (exact) mass is 349 g/mol. The summed E-state index contributed by atoms with van der Waals surface area (Å²) in [6.45, 7) is 3.99. The van der Waals surface area contributed by atoms with Crippen molar-refractivity contribution in [2.24, 2.45) is 5.92 Å². The standard InChI is InChI=1S/C18H27N3O4/c1-24-17-3-2-13(12-19-17)18(14-10-15(22)11-14)20-16(23)4-5-21-6-8-25-9-7-21/h2-3,12,14-15,18,22H,4-11H2,1H3,(H,20,23)/t14?,15?,18-/m1/s1.